The number of hydrogen-bond donors (Lipinski definition) is 0. The fraction of sp³-hybridized carbons (Fsp3) is 1.00. The van der Waals surface area contributed by atoms with Gasteiger partial charge >= 0.3 is 0 Å². The van der Waals surface area contributed by atoms with Gasteiger partial charge in [0.2, 0.25) is 0 Å². The van der Waals surface area contributed by atoms with Crippen LogP contribution >= 0.6 is 0 Å². The zero-order valence-corrected chi connectivity index (χ0v) is 13.1. The van der Waals surface area contributed by atoms with E-state index in [4.69, 9.17) is 0 Å². The van der Waals surface area contributed by atoms with Crippen LogP contribution in [0.1, 0.15) is 67.2 Å². The highest BCUT2D eigenvalue weighted by Crippen LogP contribution is 2.57. The predicted molar refractivity (Wildman–Crippen MR) is 76.8 cm³/mol. The molecule has 0 atom stereocenters. The molecule has 18 heavy (non-hydrogen) atoms. The number of rotatable bonds is 0. The number of nitrogens with zero attached hydrogens (tertiary/aromatic N) is 2. The molecule has 3 fully saturated rings. The molecular formula is C16H30N2. The molecule has 1 aliphatic heterocycles. The third-order valence-electron chi connectivity index (χ3n) is 5.32. The van der Waals surface area contributed by atoms with Gasteiger partial charge in [0.25, 0.3) is 0 Å². The monoisotopic (exact) mass is 250 g/mol. The summed E-state index contributed by atoms with van der Waals surface area (Å²) in [6.07, 6.45) is 5.64. The Morgan fingerprint density at radius 1 is 0.611 bits per heavy atom. The summed E-state index contributed by atoms with van der Waals surface area (Å²) in [5, 5.41) is 0. The summed E-state index contributed by atoms with van der Waals surface area (Å²) in [4.78, 5) is 5.68. The van der Waals surface area contributed by atoms with Crippen molar-refractivity contribution < 1.29 is 0 Å². The maximum Gasteiger partial charge on any atom is 0.0344 e. The summed E-state index contributed by atoms with van der Waals surface area (Å²) in [5.41, 5.74) is 1.69. The van der Waals surface area contributed by atoms with E-state index in [9.17, 15) is 0 Å². The standard InChI is InChI=1S/C16H30N2/c1-13(2,3)17-11-16(9-10-16)18(14(4,5)6)12-15(17)7-8-15/h7-12H2,1-6H3. The number of piperazine rings is 1. The second kappa shape index (κ2) is 3.32. The van der Waals surface area contributed by atoms with Crippen LogP contribution in [0.4, 0.5) is 0 Å². The van der Waals surface area contributed by atoms with Crippen LogP contribution in [0, 0.1) is 0 Å². The second-order valence-electron chi connectivity index (χ2n) is 8.96. The first-order valence-electron chi connectivity index (χ1n) is 7.65. The lowest BCUT2D eigenvalue weighted by atomic mass is 9.90. The van der Waals surface area contributed by atoms with Crippen LogP contribution in [0.3, 0.4) is 0 Å². The summed E-state index contributed by atoms with van der Waals surface area (Å²) in [6.45, 7) is 17.0. The highest BCUT2D eigenvalue weighted by Gasteiger charge is 2.65. The van der Waals surface area contributed by atoms with Gasteiger partial charge in [-0.25, -0.2) is 0 Å². The van der Waals surface area contributed by atoms with E-state index < -0.39 is 0 Å². The molecule has 104 valence electrons. The van der Waals surface area contributed by atoms with Gasteiger partial charge in [0, 0.05) is 35.2 Å². The summed E-state index contributed by atoms with van der Waals surface area (Å²) in [5.74, 6) is 0. The van der Waals surface area contributed by atoms with Crippen molar-refractivity contribution >= 4 is 0 Å². The van der Waals surface area contributed by atoms with Gasteiger partial charge in [0.05, 0.1) is 0 Å². The largest absolute Gasteiger partial charge is 0.290 e. The highest BCUT2D eigenvalue weighted by molar-refractivity contribution is 5.22. The van der Waals surface area contributed by atoms with Crippen LogP contribution < -0.4 is 0 Å². The molecule has 0 aromatic heterocycles. The molecule has 0 amide bonds. The molecule has 3 aliphatic rings. The lowest BCUT2D eigenvalue weighted by molar-refractivity contribution is -0.0801. The van der Waals surface area contributed by atoms with Crippen LogP contribution in [0.25, 0.3) is 0 Å². The van der Waals surface area contributed by atoms with Crippen LogP contribution in [-0.2, 0) is 0 Å². The van der Waals surface area contributed by atoms with E-state index >= 15 is 0 Å². The molecule has 2 aliphatic carbocycles. The zero-order chi connectivity index (χ0) is 13.4. The first-order valence-corrected chi connectivity index (χ1v) is 7.65. The maximum atomic E-state index is 2.84. The Bertz CT molecular complexity index is 314. The molecule has 0 bridgehead atoms. The van der Waals surface area contributed by atoms with Gasteiger partial charge in [-0.15, -0.1) is 0 Å². The fourth-order valence-electron chi connectivity index (χ4n) is 4.14. The Kier molecular flexibility index (Phi) is 2.39. The predicted octanol–water partition coefficient (Wildman–Crippen LogP) is 3.27. The molecule has 1 heterocycles. The summed E-state index contributed by atoms with van der Waals surface area (Å²) >= 11 is 0. The third-order valence-corrected chi connectivity index (χ3v) is 5.32. The molecule has 0 N–H and O–H groups in total. The van der Waals surface area contributed by atoms with Crippen LogP contribution in [0.5, 0.6) is 0 Å². The lowest BCUT2D eigenvalue weighted by Crippen LogP contribution is -2.69. The van der Waals surface area contributed by atoms with Crippen LogP contribution in [-0.4, -0.2) is 45.0 Å². The average molecular weight is 250 g/mol. The van der Waals surface area contributed by atoms with Gasteiger partial charge < -0.3 is 0 Å². The maximum absolute atomic E-state index is 2.84. The van der Waals surface area contributed by atoms with Crippen LogP contribution in [0.2, 0.25) is 0 Å². The van der Waals surface area contributed by atoms with Gasteiger partial charge in [-0.1, -0.05) is 0 Å². The van der Waals surface area contributed by atoms with Gasteiger partial charge in [-0.2, -0.15) is 0 Å². The van der Waals surface area contributed by atoms with E-state index in [1.165, 1.54) is 38.8 Å². The van der Waals surface area contributed by atoms with Crippen LogP contribution in [0.15, 0.2) is 0 Å². The van der Waals surface area contributed by atoms with Crippen molar-refractivity contribution in [2.24, 2.45) is 0 Å². The molecule has 2 nitrogen and oxygen atoms in total. The Hall–Kier alpha value is -0.0800. The van der Waals surface area contributed by atoms with Crippen molar-refractivity contribution in [3.63, 3.8) is 0 Å². The topological polar surface area (TPSA) is 6.48 Å². The van der Waals surface area contributed by atoms with Crippen molar-refractivity contribution in [3.05, 3.63) is 0 Å². The fourth-order valence-corrected chi connectivity index (χ4v) is 4.14. The van der Waals surface area contributed by atoms with E-state index in [0.29, 0.717) is 22.2 Å². The molecule has 0 aromatic carbocycles. The summed E-state index contributed by atoms with van der Waals surface area (Å²) in [7, 11) is 0. The average Bonchev–Trinajstić information content (AvgIpc) is 3.02. The minimum atomic E-state index is 0.329. The van der Waals surface area contributed by atoms with Crippen molar-refractivity contribution in [1.82, 2.24) is 9.80 Å². The summed E-state index contributed by atoms with van der Waals surface area (Å²) < 4.78 is 0. The first kappa shape index (κ1) is 12.9. The SMILES string of the molecule is CC(C)(C)N1CC2(CC2)N(C(C)(C)C)CC12CC2. The van der Waals surface area contributed by atoms with Crippen molar-refractivity contribution in [3.8, 4) is 0 Å². The number of hydrogen-bond acceptors (Lipinski definition) is 2. The molecule has 0 unspecified atom stereocenters. The lowest BCUT2D eigenvalue weighted by Gasteiger charge is -2.56. The first-order chi connectivity index (χ1) is 8.09. The molecule has 3 rings (SSSR count). The molecule has 2 spiro atoms. The van der Waals surface area contributed by atoms with E-state index in [-0.39, 0.29) is 0 Å². The Morgan fingerprint density at radius 2 is 0.889 bits per heavy atom. The molecular weight excluding hydrogens is 220 g/mol. The van der Waals surface area contributed by atoms with Crippen molar-refractivity contribution in [1.29, 1.82) is 0 Å². The third kappa shape index (κ3) is 1.84. The normalized spacial score (nSPS) is 31.0. The quantitative estimate of drug-likeness (QED) is 0.651. The minimum absolute atomic E-state index is 0.329. The summed E-state index contributed by atoms with van der Waals surface area (Å²) in [6, 6.07) is 0. The Balaban J connectivity index is 1.90. The molecule has 1 saturated heterocycles. The van der Waals surface area contributed by atoms with Crippen molar-refractivity contribution in [2.45, 2.75) is 89.4 Å². The highest BCUT2D eigenvalue weighted by atomic mass is 15.4. The molecule has 2 heteroatoms. The minimum Gasteiger partial charge on any atom is -0.290 e. The Morgan fingerprint density at radius 3 is 1.06 bits per heavy atom. The van der Waals surface area contributed by atoms with Gasteiger partial charge in [0.15, 0.2) is 0 Å². The zero-order valence-electron chi connectivity index (χ0n) is 13.1. The smallest absolute Gasteiger partial charge is 0.0344 e. The van der Waals surface area contributed by atoms with E-state index in [1.807, 2.05) is 0 Å². The molecule has 0 aromatic rings. The van der Waals surface area contributed by atoms with Gasteiger partial charge in [-0.05, 0) is 67.2 Å². The van der Waals surface area contributed by atoms with E-state index in [2.05, 4.69) is 51.3 Å². The van der Waals surface area contributed by atoms with Gasteiger partial charge in [0.1, 0.15) is 0 Å². The van der Waals surface area contributed by atoms with E-state index in [1.54, 1.807) is 0 Å². The molecule has 0 radical (unpaired) electrons. The van der Waals surface area contributed by atoms with E-state index in [0.717, 1.165) is 0 Å². The second-order valence-corrected chi connectivity index (χ2v) is 8.96. The van der Waals surface area contributed by atoms with Gasteiger partial charge in [-0.3, -0.25) is 9.80 Å². The van der Waals surface area contributed by atoms with Crippen molar-refractivity contribution in [2.75, 3.05) is 13.1 Å². The molecule has 2 saturated carbocycles. The Labute approximate surface area is 113 Å².